The van der Waals surface area contributed by atoms with E-state index in [2.05, 4.69) is 20.9 Å². The molecule has 0 saturated heterocycles. The van der Waals surface area contributed by atoms with Crippen LogP contribution in [0, 0.1) is 6.92 Å². The van der Waals surface area contributed by atoms with Gasteiger partial charge >= 0.3 is 6.03 Å². The summed E-state index contributed by atoms with van der Waals surface area (Å²) in [5.41, 5.74) is 3.57. The molecule has 3 amide bonds. The first-order valence-electron chi connectivity index (χ1n) is 7.61. The zero-order valence-corrected chi connectivity index (χ0v) is 15.1. The summed E-state index contributed by atoms with van der Waals surface area (Å²) in [5.74, 6) is -0.140. The summed E-state index contributed by atoms with van der Waals surface area (Å²) in [6, 6.07) is 6.48. The zero-order valence-electron chi connectivity index (χ0n) is 14.3. The maximum atomic E-state index is 12.0. The highest BCUT2D eigenvalue weighted by atomic mass is 32.1. The summed E-state index contributed by atoms with van der Waals surface area (Å²) in [6.07, 6.45) is 0. The number of carbonyl (C=O) groups excluding carboxylic acids is 2. The molecule has 3 N–H and O–H groups in total. The molecule has 0 aliphatic heterocycles. The van der Waals surface area contributed by atoms with Crippen molar-refractivity contribution in [2.45, 2.75) is 39.8 Å². The van der Waals surface area contributed by atoms with Crippen molar-refractivity contribution in [2.75, 3.05) is 5.32 Å². The molecule has 0 aliphatic carbocycles. The van der Waals surface area contributed by atoms with Crippen molar-refractivity contribution in [2.24, 2.45) is 0 Å². The number of hydrogen-bond donors (Lipinski definition) is 3. The molecule has 0 radical (unpaired) electrons. The molecule has 0 fully saturated rings. The fourth-order valence-electron chi connectivity index (χ4n) is 1.95. The van der Waals surface area contributed by atoms with Crippen LogP contribution in [0.3, 0.4) is 0 Å². The standard InChI is InChI=1S/C17H22N4O2S/c1-11-14(24-10-19-11)9-18-16(23)20-13-7-5-12(6-8-13)15(22)21-17(2,3)4/h5-8,10H,9H2,1-4H3,(H,21,22)(H2,18,20,23). The molecule has 0 spiro atoms. The fraction of sp³-hybridized carbons (Fsp3) is 0.353. The fourth-order valence-corrected chi connectivity index (χ4v) is 2.67. The molecule has 1 aromatic heterocycles. The Bertz CT molecular complexity index is 717. The monoisotopic (exact) mass is 346 g/mol. The minimum absolute atomic E-state index is 0.140. The summed E-state index contributed by atoms with van der Waals surface area (Å²) >= 11 is 1.51. The lowest BCUT2D eigenvalue weighted by atomic mass is 10.1. The van der Waals surface area contributed by atoms with Crippen molar-refractivity contribution in [1.29, 1.82) is 0 Å². The second-order valence-electron chi connectivity index (χ2n) is 6.45. The highest BCUT2D eigenvalue weighted by molar-refractivity contribution is 7.09. The number of amides is 3. The van der Waals surface area contributed by atoms with E-state index < -0.39 is 0 Å². The predicted octanol–water partition coefficient (Wildman–Crippen LogP) is 3.30. The van der Waals surface area contributed by atoms with E-state index in [-0.39, 0.29) is 17.5 Å². The average Bonchev–Trinajstić information content (AvgIpc) is 2.89. The Balaban J connectivity index is 1.88. The van der Waals surface area contributed by atoms with E-state index in [4.69, 9.17) is 0 Å². The predicted molar refractivity (Wildman–Crippen MR) is 96.4 cm³/mol. The Kier molecular flexibility index (Phi) is 5.56. The number of urea groups is 1. The van der Waals surface area contributed by atoms with Crippen LogP contribution in [-0.4, -0.2) is 22.5 Å². The number of aryl methyl sites for hydroxylation is 1. The van der Waals surface area contributed by atoms with Crippen LogP contribution in [0.5, 0.6) is 0 Å². The quantitative estimate of drug-likeness (QED) is 0.794. The van der Waals surface area contributed by atoms with Gasteiger partial charge in [0.15, 0.2) is 0 Å². The third kappa shape index (κ3) is 5.34. The molecule has 0 bridgehead atoms. The molecular weight excluding hydrogens is 324 g/mol. The van der Waals surface area contributed by atoms with Crippen LogP contribution in [0.25, 0.3) is 0 Å². The molecule has 7 heteroatoms. The van der Waals surface area contributed by atoms with Crippen molar-refractivity contribution in [3.8, 4) is 0 Å². The van der Waals surface area contributed by atoms with Gasteiger partial charge in [-0.15, -0.1) is 11.3 Å². The minimum Gasteiger partial charge on any atom is -0.347 e. The van der Waals surface area contributed by atoms with Gasteiger partial charge in [0.25, 0.3) is 5.91 Å². The topological polar surface area (TPSA) is 83.1 Å². The van der Waals surface area contributed by atoms with E-state index >= 15 is 0 Å². The highest BCUT2D eigenvalue weighted by Gasteiger charge is 2.15. The molecule has 24 heavy (non-hydrogen) atoms. The van der Waals surface area contributed by atoms with Crippen molar-refractivity contribution >= 4 is 29.0 Å². The number of rotatable bonds is 4. The maximum absolute atomic E-state index is 12.0. The average molecular weight is 346 g/mol. The maximum Gasteiger partial charge on any atom is 0.319 e. The third-order valence-electron chi connectivity index (χ3n) is 3.15. The van der Waals surface area contributed by atoms with Crippen LogP contribution in [0.15, 0.2) is 29.8 Å². The first-order chi connectivity index (χ1) is 11.2. The molecule has 0 saturated carbocycles. The van der Waals surface area contributed by atoms with E-state index in [1.807, 2.05) is 27.7 Å². The molecule has 1 aromatic carbocycles. The number of anilines is 1. The van der Waals surface area contributed by atoms with Gasteiger partial charge in [0.1, 0.15) is 0 Å². The number of carbonyl (C=O) groups is 2. The van der Waals surface area contributed by atoms with Gasteiger partial charge in [-0.2, -0.15) is 0 Å². The van der Waals surface area contributed by atoms with Crippen molar-refractivity contribution in [1.82, 2.24) is 15.6 Å². The minimum atomic E-state index is -0.297. The van der Waals surface area contributed by atoms with E-state index in [1.165, 1.54) is 11.3 Å². The van der Waals surface area contributed by atoms with Gasteiger partial charge in [0.2, 0.25) is 0 Å². The highest BCUT2D eigenvalue weighted by Crippen LogP contribution is 2.13. The van der Waals surface area contributed by atoms with Crippen LogP contribution in [-0.2, 0) is 6.54 Å². The van der Waals surface area contributed by atoms with E-state index in [9.17, 15) is 9.59 Å². The molecular formula is C17H22N4O2S. The first kappa shape index (κ1) is 17.9. The summed E-state index contributed by atoms with van der Waals surface area (Å²) in [5, 5.41) is 8.42. The Morgan fingerprint density at radius 1 is 1.17 bits per heavy atom. The Labute approximate surface area is 145 Å². The van der Waals surface area contributed by atoms with Gasteiger partial charge in [0, 0.05) is 21.7 Å². The number of nitrogens with one attached hydrogen (secondary N) is 3. The van der Waals surface area contributed by atoms with Crippen LogP contribution in [0.1, 0.15) is 41.7 Å². The van der Waals surface area contributed by atoms with Gasteiger partial charge in [-0.25, -0.2) is 9.78 Å². The second kappa shape index (κ2) is 7.44. The van der Waals surface area contributed by atoms with Crippen LogP contribution in [0.4, 0.5) is 10.5 Å². The number of thiazole rings is 1. The van der Waals surface area contributed by atoms with E-state index in [0.29, 0.717) is 17.8 Å². The van der Waals surface area contributed by atoms with Gasteiger partial charge in [-0.3, -0.25) is 4.79 Å². The molecule has 6 nitrogen and oxygen atoms in total. The molecule has 0 atom stereocenters. The van der Waals surface area contributed by atoms with Crippen molar-refractivity contribution < 1.29 is 9.59 Å². The number of nitrogens with zero attached hydrogens (tertiary/aromatic N) is 1. The van der Waals surface area contributed by atoms with Gasteiger partial charge < -0.3 is 16.0 Å². The van der Waals surface area contributed by atoms with Crippen molar-refractivity contribution in [3.05, 3.63) is 45.9 Å². The summed E-state index contributed by atoms with van der Waals surface area (Å²) in [7, 11) is 0. The number of aromatic nitrogens is 1. The first-order valence-corrected chi connectivity index (χ1v) is 8.49. The lowest BCUT2D eigenvalue weighted by molar-refractivity contribution is 0.0919. The lowest BCUT2D eigenvalue weighted by Gasteiger charge is -2.20. The molecule has 128 valence electrons. The summed E-state index contributed by atoms with van der Waals surface area (Å²) in [4.78, 5) is 29.1. The SMILES string of the molecule is Cc1ncsc1CNC(=O)Nc1ccc(C(=O)NC(C)(C)C)cc1. The summed E-state index contributed by atoms with van der Waals surface area (Å²) in [6.45, 7) is 8.13. The Morgan fingerprint density at radius 2 is 1.83 bits per heavy atom. The van der Waals surface area contributed by atoms with E-state index in [1.54, 1.807) is 29.8 Å². The normalized spacial score (nSPS) is 11.0. The largest absolute Gasteiger partial charge is 0.347 e. The van der Waals surface area contributed by atoms with Gasteiger partial charge in [-0.1, -0.05) is 0 Å². The zero-order chi connectivity index (χ0) is 17.7. The van der Waals surface area contributed by atoms with Gasteiger partial charge in [0.05, 0.1) is 17.7 Å². The van der Waals surface area contributed by atoms with Crippen LogP contribution >= 0.6 is 11.3 Å². The number of hydrogen-bond acceptors (Lipinski definition) is 4. The smallest absolute Gasteiger partial charge is 0.319 e. The molecule has 0 aliphatic rings. The van der Waals surface area contributed by atoms with Crippen LogP contribution < -0.4 is 16.0 Å². The summed E-state index contributed by atoms with van der Waals surface area (Å²) < 4.78 is 0. The van der Waals surface area contributed by atoms with Crippen molar-refractivity contribution in [3.63, 3.8) is 0 Å². The Hall–Kier alpha value is -2.41. The molecule has 2 rings (SSSR count). The third-order valence-corrected chi connectivity index (χ3v) is 4.08. The molecule has 2 aromatic rings. The van der Waals surface area contributed by atoms with E-state index in [0.717, 1.165) is 10.6 Å². The van der Waals surface area contributed by atoms with Crippen LogP contribution in [0.2, 0.25) is 0 Å². The second-order valence-corrected chi connectivity index (χ2v) is 7.39. The van der Waals surface area contributed by atoms with Gasteiger partial charge in [-0.05, 0) is 52.0 Å². The number of benzene rings is 1. The molecule has 0 unspecified atom stereocenters. The molecule has 1 heterocycles. The Morgan fingerprint density at radius 3 is 2.38 bits per heavy atom. The lowest BCUT2D eigenvalue weighted by Crippen LogP contribution is -2.40.